The molecule has 35 heavy (non-hydrogen) atoms. The summed E-state index contributed by atoms with van der Waals surface area (Å²) in [6.07, 6.45) is 0. The lowest BCUT2D eigenvalue weighted by Crippen LogP contribution is -2.42. The summed E-state index contributed by atoms with van der Waals surface area (Å²) in [5, 5.41) is 10.2. The highest BCUT2D eigenvalue weighted by atomic mass is 16.5. The summed E-state index contributed by atoms with van der Waals surface area (Å²) in [6, 6.07) is 18.5. The second kappa shape index (κ2) is 10.3. The predicted octanol–water partition coefficient (Wildman–Crippen LogP) is 2.42. The van der Waals surface area contributed by atoms with Gasteiger partial charge in [-0.1, -0.05) is 42.5 Å². The van der Waals surface area contributed by atoms with E-state index in [1.807, 2.05) is 18.2 Å². The Kier molecular flexibility index (Phi) is 7.03. The molecule has 0 aromatic heterocycles. The third-order valence-corrected chi connectivity index (χ3v) is 6.08. The SMILES string of the molecule is COC(=O)C1=C(C(=O)OC)N(c2ccccc2N2CCOCC2)C(N)=C(C#N)C1c1ccccc1. The molecule has 0 saturated carbocycles. The topological polar surface area (TPSA) is 118 Å². The van der Waals surface area contributed by atoms with Gasteiger partial charge in [0.25, 0.3) is 0 Å². The van der Waals surface area contributed by atoms with Crippen molar-refractivity contribution < 1.29 is 23.8 Å². The third-order valence-electron chi connectivity index (χ3n) is 6.08. The van der Waals surface area contributed by atoms with Gasteiger partial charge in [0.1, 0.15) is 11.5 Å². The van der Waals surface area contributed by atoms with Crippen molar-refractivity contribution >= 4 is 23.3 Å². The van der Waals surface area contributed by atoms with Crippen molar-refractivity contribution in [2.75, 3.05) is 50.3 Å². The van der Waals surface area contributed by atoms with Gasteiger partial charge in [-0.25, -0.2) is 9.59 Å². The van der Waals surface area contributed by atoms with Crippen LogP contribution in [0.2, 0.25) is 0 Å². The summed E-state index contributed by atoms with van der Waals surface area (Å²) in [4.78, 5) is 30.0. The Morgan fingerprint density at radius 2 is 1.57 bits per heavy atom. The average Bonchev–Trinajstić information content (AvgIpc) is 2.92. The molecule has 1 saturated heterocycles. The lowest BCUT2D eigenvalue weighted by molar-refractivity contribution is -0.139. The minimum Gasteiger partial charge on any atom is -0.466 e. The second-order valence-corrected chi connectivity index (χ2v) is 7.92. The first-order chi connectivity index (χ1) is 17.0. The molecule has 4 rings (SSSR count). The van der Waals surface area contributed by atoms with E-state index >= 15 is 0 Å². The summed E-state index contributed by atoms with van der Waals surface area (Å²) in [5.74, 6) is -2.40. The van der Waals surface area contributed by atoms with Crippen LogP contribution in [0.1, 0.15) is 11.5 Å². The summed E-state index contributed by atoms with van der Waals surface area (Å²) < 4.78 is 15.7. The number of anilines is 2. The molecular weight excluding hydrogens is 448 g/mol. The molecule has 2 heterocycles. The van der Waals surface area contributed by atoms with E-state index in [4.69, 9.17) is 19.9 Å². The fourth-order valence-corrected chi connectivity index (χ4v) is 4.49. The number of nitrogens with zero attached hydrogens (tertiary/aromatic N) is 3. The fourth-order valence-electron chi connectivity index (χ4n) is 4.49. The molecule has 180 valence electrons. The number of benzene rings is 2. The molecule has 2 aliphatic rings. The normalized spacial score (nSPS) is 18.3. The molecule has 0 radical (unpaired) electrons. The van der Waals surface area contributed by atoms with Crippen LogP contribution in [-0.2, 0) is 23.8 Å². The minimum absolute atomic E-state index is 0.0203. The zero-order valence-corrected chi connectivity index (χ0v) is 19.6. The van der Waals surface area contributed by atoms with Crippen LogP contribution in [-0.4, -0.2) is 52.5 Å². The quantitative estimate of drug-likeness (QED) is 0.652. The first-order valence-electron chi connectivity index (χ1n) is 11.1. The lowest BCUT2D eigenvalue weighted by Gasteiger charge is -2.38. The average molecular weight is 475 g/mol. The maximum Gasteiger partial charge on any atom is 0.355 e. The van der Waals surface area contributed by atoms with Crippen LogP contribution < -0.4 is 15.5 Å². The van der Waals surface area contributed by atoms with E-state index in [-0.39, 0.29) is 22.7 Å². The molecule has 0 aliphatic carbocycles. The highest BCUT2D eigenvalue weighted by molar-refractivity contribution is 6.07. The van der Waals surface area contributed by atoms with Crippen molar-refractivity contribution in [2.24, 2.45) is 5.73 Å². The van der Waals surface area contributed by atoms with Crippen molar-refractivity contribution in [3.8, 4) is 6.07 Å². The number of rotatable bonds is 5. The van der Waals surface area contributed by atoms with Gasteiger partial charge >= 0.3 is 11.9 Å². The molecule has 2 N–H and O–H groups in total. The number of nitrogens with two attached hydrogens (primary N) is 1. The van der Waals surface area contributed by atoms with Crippen LogP contribution >= 0.6 is 0 Å². The standard InChI is InChI=1S/C26H26N4O5/c1-33-25(31)22-21(17-8-4-3-5-9-17)18(16-27)24(28)30(23(22)26(32)34-2)20-11-7-6-10-19(20)29-12-14-35-15-13-29/h3-11,21H,12-15,28H2,1-2H3. The van der Waals surface area contributed by atoms with Crippen molar-refractivity contribution in [2.45, 2.75) is 5.92 Å². The van der Waals surface area contributed by atoms with Gasteiger partial charge in [-0.05, 0) is 17.7 Å². The zero-order valence-electron chi connectivity index (χ0n) is 19.6. The summed E-state index contributed by atoms with van der Waals surface area (Å²) in [6.45, 7) is 2.36. The molecule has 1 atom stereocenters. The Morgan fingerprint density at radius 1 is 0.971 bits per heavy atom. The van der Waals surface area contributed by atoms with Gasteiger partial charge in [-0.3, -0.25) is 4.90 Å². The number of carbonyl (C=O) groups is 2. The van der Waals surface area contributed by atoms with Gasteiger partial charge in [-0.2, -0.15) is 5.26 Å². The smallest absolute Gasteiger partial charge is 0.355 e. The Bertz CT molecular complexity index is 1230. The molecule has 2 aromatic rings. The van der Waals surface area contributed by atoms with Crippen LogP contribution in [0.5, 0.6) is 0 Å². The molecular formula is C26H26N4O5. The maximum atomic E-state index is 13.3. The van der Waals surface area contributed by atoms with Gasteiger partial charge in [0.15, 0.2) is 0 Å². The van der Waals surface area contributed by atoms with E-state index in [0.717, 1.165) is 5.69 Å². The van der Waals surface area contributed by atoms with Gasteiger partial charge in [0, 0.05) is 13.1 Å². The van der Waals surface area contributed by atoms with Crippen LogP contribution in [0.15, 0.2) is 77.3 Å². The highest BCUT2D eigenvalue weighted by Gasteiger charge is 2.43. The zero-order chi connectivity index (χ0) is 24.9. The number of morpholine rings is 1. The number of allylic oxidation sites excluding steroid dienone is 1. The van der Waals surface area contributed by atoms with Crippen LogP contribution in [0.4, 0.5) is 11.4 Å². The fraction of sp³-hybridized carbons (Fsp3) is 0.269. The molecule has 2 aliphatic heterocycles. The van der Waals surface area contributed by atoms with Crippen molar-refractivity contribution in [3.05, 3.63) is 82.8 Å². The number of nitriles is 1. The van der Waals surface area contributed by atoms with E-state index in [1.54, 1.807) is 36.4 Å². The first kappa shape index (κ1) is 23.9. The molecule has 1 fully saturated rings. The number of carbonyl (C=O) groups excluding carboxylic acids is 2. The molecule has 0 amide bonds. The van der Waals surface area contributed by atoms with Gasteiger partial charge in [-0.15, -0.1) is 0 Å². The Hall–Kier alpha value is -4.29. The Labute approximate surface area is 203 Å². The Balaban J connectivity index is 2.03. The van der Waals surface area contributed by atoms with E-state index in [0.29, 0.717) is 37.6 Å². The lowest BCUT2D eigenvalue weighted by atomic mass is 9.81. The number of esters is 2. The van der Waals surface area contributed by atoms with Crippen LogP contribution in [0.3, 0.4) is 0 Å². The second-order valence-electron chi connectivity index (χ2n) is 7.92. The largest absolute Gasteiger partial charge is 0.466 e. The van der Waals surface area contributed by atoms with E-state index in [1.165, 1.54) is 19.1 Å². The van der Waals surface area contributed by atoms with Crippen molar-refractivity contribution in [1.82, 2.24) is 0 Å². The van der Waals surface area contributed by atoms with Crippen molar-refractivity contribution in [3.63, 3.8) is 0 Å². The number of hydrogen-bond donors (Lipinski definition) is 1. The number of methoxy groups -OCH3 is 2. The molecule has 9 heteroatoms. The van der Waals surface area contributed by atoms with Crippen molar-refractivity contribution in [1.29, 1.82) is 5.26 Å². The third kappa shape index (κ3) is 4.32. The molecule has 9 nitrogen and oxygen atoms in total. The van der Waals surface area contributed by atoms with Gasteiger partial charge < -0.3 is 24.8 Å². The first-order valence-corrected chi connectivity index (χ1v) is 11.1. The van der Waals surface area contributed by atoms with E-state index in [9.17, 15) is 14.9 Å². The van der Waals surface area contributed by atoms with Crippen LogP contribution in [0.25, 0.3) is 0 Å². The van der Waals surface area contributed by atoms with Crippen LogP contribution in [0, 0.1) is 11.3 Å². The molecule has 1 unspecified atom stereocenters. The molecule has 2 aromatic carbocycles. The molecule has 0 bridgehead atoms. The number of ether oxygens (including phenoxy) is 3. The number of hydrogen-bond acceptors (Lipinski definition) is 9. The van der Waals surface area contributed by atoms with Gasteiger partial charge in [0.2, 0.25) is 0 Å². The maximum absolute atomic E-state index is 13.3. The van der Waals surface area contributed by atoms with E-state index in [2.05, 4.69) is 11.0 Å². The number of para-hydroxylation sites is 2. The van der Waals surface area contributed by atoms with E-state index < -0.39 is 17.9 Å². The minimum atomic E-state index is -0.908. The molecule has 0 spiro atoms. The summed E-state index contributed by atoms with van der Waals surface area (Å²) in [5.41, 5.74) is 8.57. The summed E-state index contributed by atoms with van der Waals surface area (Å²) >= 11 is 0. The van der Waals surface area contributed by atoms with Gasteiger partial charge in [0.05, 0.1) is 61.9 Å². The summed E-state index contributed by atoms with van der Waals surface area (Å²) in [7, 11) is 2.46. The highest BCUT2D eigenvalue weighted by Crippen LogP contribution is 2.45. The Morgan fingerprint density at radius 3 is 2.17 bits per heavy atom. The monoisotopic (exact) mass is 474 g/mol. The predicted molar refractivity (Wildman–Crippen MR) is 129 cm³/mol.